The van der Waals surface area contributed by atoms with Gasteiger partial charge in [-0.15, -0.1) is 0 Å². The molecule has 0 aliphatic heterocycles. The Hall–Kier alpha value is -1.92. The standard InChI is InChI=1S/C16H21N3O2S/c1-12-11-22-16(21)19(12)10-15(20)17-9-14(18(2)3)13-7-5-4-6-8-13/h4-8,11,14H,9-10H2,1-3H3,(H,17,20)/t14-/m1/s1. The van der Waals surface area contributed by atoms with E-state index in [-0.39, 0.29) is 23.4 Å². The van der Waals surface area contributed by atoms with Crippen LogP contribution < -0.4 is 10.2 Å². The van der Waals surface area contributed by atoms with Gasteiger partial charge in [-0.2, -0.15) is 0 Å². The van der Waals surface area contributed by atoms with Gasteiger partial charge in [0.15, 0.2) is 0 Å². The molecule has 0 radical (unpaired) electrons. The normalized spacial score (nSPS) is 12.4. The highest BCUT2D eigenvalue weighted by Gasteiger charge is 2.15. The number of thiazole rings is 1. The molecule has 22 heavy (non-hydrogen) atoms. The number of hydrogen-bond acceptors (Lipinski definition) is 4. The van der Waals surface area contributed by atoms with Crippen molar-refractivity contribution in [2.75, 3.05) is 20.6 Å². The van der Waals surface area contributed by atoms with Gasteiger partial charge in [0, 0.05) is 17.6 Å². The minimum absolute atomic E-state index is 0.0725. The topological polar surface area (TPSA) is 54.3 Å². The van der Waals surface area contributed by atoms with Gasteiger partial charge in [-0.25, -0.2) is 0 Å². The van der Waals surface area contributed by atoms with Gasteiger partial charge >= 0.3 is 4.87 Å². The lowest BCUT2D eigenvalue weighted by Gasteiger charge is -2.25. The van der Waals surface area contributed by atoms with E-state index in [9.17, 15) is 9.59 Å². The Morgan fingerprint density at radius 1 is 1.32 bits per heavy atom. The second kappa shape index (κ2) is 7.38. The zero-order valence-corrected chi connectivity index (χ0v) is 13.9. The number of carbonyl (C=O) groups is 1. The van der Waals surface area contributed by atoms with Crippen LogP contribution in [-0.2, 0) is 11.3 Å². The SMILES string of the molecule is Cc1csc(=O)n1CC(=O)NC[C@H](c1ccccc1)N(C)C. The van der Waals surface area contributed by atoms with Gasteiger partial charge in [0.05, 0.1) is 6.04 Å². The Morgan fingerprint density at radius 2 is 2.00 bits per heavy atom. The molecule has 1 aromatic carbocycles. The molecule has 1 aromatic heterocycles. The number of benzene rings is 1. The molecule has 0 saturated carbocycles. The summed E-state index contributed by atoms with van der Waals surface area (Å²) in [6.45, 7) is 2.41. The number of aryl methyl sites for hydroxylation is 1. The monoisotopic (exact) mass is 319 g/mol. The third kappa shape index (κ3) is 4.05. The van der Waals surface area contributed by atoms with Crippen LogP contribution in [-0.4, -0.2) is 36.0 Å². The van der Waals surface area contributed by atoms with Crippen molar-refractivity contribution in [1.29, 1.82) is 0 Å². The summed E-state index contributed by atoms with van der Waals surface area (Å²) in [6.07, 6.45) is 0. The fourth-order valence-electron chi connectivity index (χ4n) is 2.28. The summed E-state index contributed by atoms with van der Waals surface area (Å²) >= 11 is 1.12. The van der Waals surface area contributed by atoms with E-state index in [1.165, 1.54) is 4.57 Å². The molecule has 1 atom stereocenters. The molecule has 0 spiro atoms. The molecule has 5 nitrogen and oxygen atoms in total. The Kier molecular flexibility index (Phi) is 5.51. The fourth-order valence-corrected chi connectivity index (χ4v) is 3.01. The summed E-state index contributed by atoms with van der Waals surface area (Å²) in [6, 6.07) is 10.1. The number of carbonyl (C=O) groups excluding carboxylic acids is 1. The number of likely N-dealkylation sites (N-methyl/N-ethyl adjacent to an activating group) is 1. The molecule has 0 bridgehead atoms. The average Bonchev–Trinajstić information content (AvgIpc) is 2.80. The summed E-state index contributed by atoms with van der Waals surface area (Å²) in [4.78, 5) is 25.7. The molecular weight excluding hydrogens is 298 g/mol. The summed E-state index contributed by atoms with van der Waals surface area (Å²) in [7, 11) is 3.97. The first kappa shape index (κ1) is 16.5. The van der Waals surface area contributed by atoms with Crippen LogP contribution in [0.4, 0.5) is 0 Å². The van der Waals surface area contributed by atoms with Crippen molar-refractivity contribution in [2.24, 2.45) is 0 Å². The molecule has 0 unspecified atom stereocenters. The predicted molar refractivity (Wildman–Crippen MR) is 89.2 cm³/mol. The first-order chi connectivity index (χ1) is 10.5. The molecule has 0 aliphatic rings. The Labute approximate surface area is 134 Å². The highest BCUT2D eigenvalue weighted by atomic mass is 32.1. The summed E-state index contributed by atoms with van der Waals surface area (Å²) in [5.41, 5.74) is 1.97. The highest BCUT2D eigenvalue weighted by molar-refractivity contribution is 7.07. The maximum absolute atomic E-state index is 12.1. The van der Waals surface area contributed by atoms with Crippen molar-refractivity contribution in [3.05, 3.63) is 56.6 Å². The van der Waals surface area contributed by atoms with E-state index >= 15 is 0 Å². The van der Waals surface area contributed by atoms with Gasteiger partial charge < -0.3 is 10.2 Å². The van der Waals surface area contributed by atoms with E-state index in [1.807, 2.05) is 51.4 Å². The maximum atomic E-state index is 12.1. The quantitative estimate of drug-likeness (QED) is 0.880. The van der Waals surface area contributed by atoms with Gasteiger partial charge in [-0.3, -0.25) is 14.2 Å². The van der Waals surface area contributed by atoms with Crippen LogP contribution in [0.15, 0.2) is 40.5 Å². The minimum Gasteiger partial charge on any atom is -0.353 e. The summed E-state index contributed by atoms with van der Waals surface area (Å²) < 4.78 is 1.49. The lowest BCUT2D eigenvalue weighted by atomic mass is 10.1. The van der Waals surface area contributed by atoms with Crippen molar-refractivity contribution < 1.29 is 4.79 Å². The number of rotatable bonds is 6. The second-order valence-electron chi connectivity index (χ2n) is 5.42. The van der Waals surface area contributed by atoms with E-state index < -0.39 is 0 Å². The number of nitrogens with zero attached hydrogens (tertiary/aromatic N) is 2. The molecule has 0 saturated heterocycles. The largest absolute Gasteiger partial charge is 0.353 e. The number of nitrogens with one attached hydrogen (secondary N) is 1. The molecule has 1 heterocycles. The van der Waals surface area contributed by atoms with Crippen LogP contribution in [0.2, 0.25) is 0 Å². The zero-order valence-electron chi connectivity index (χ0n) is 13.1. The Bertz CT molecular complexity index is 676. The van der Waals surface area contributed by atoms with E-state index in [0.29, 0.717) is 6.54 Å². The smallest absolute Gasteiger partial charge is 0.307 e. The van der Waals surface area contributed by atoms with Crippen molar-refractivity contribution in [1.82, 2.24) is 14.8 Å². The molecule has 0 aliphatic carbocycles. The van der Waals surface area contributed by atoms with Crippen LogP contribution in [0.1, 0.15) is 17.3 Å². The maximum Gasteiger partial charge on any atom is 0.307 e. The third-order valence-corrected chi connectivity index (χ3v) is 4.46. The molecule has 2 rings (SSSR count). The van der Waals surface area contributed by atoms with Gasteiger partial charge in [0.1, 0.15) is 6.54 Å². The fraction of sp³-hybridized carbons (Fsp3) is 0.375. The van der Waals surface area contributed by atoms with E-state index in [1.54, 1.807) is 5.38 Å². The lowest BCUT2D eigenvalue weighted by molar-refractivity contribution is -0.121. The van der Waals surface area contributed by atoms with Crippen LogP contribution in [0.5, 0.6) is 0 Å². The summed E-state index contributed by atoms with van der Waals surface area (Å²) in [5.74, 6) is -0.147. The molecule has 1 amide bonds. The molecule has 1 N–H and O–H groups in total. The van der Waals surface area contributed by atoms with Crippen LogP contribution in [0, 0.1) is 6.92 Å². The first-order valence-corrected chi connectivity index (χ1v) is 8.00. The van der Waals surface area contributed by atoms with Gasteiger partial charge in [-0.1, -0.05) is 41.7 Å². The minimum atomic E-state index is -0.147. The molecular formula is C16H21N3O2S. The van der Waals surface area contributed by atoms with Gasteiger partial charge in [0.2, 0.25) is 5.91 Å². The van der Waals surface area contributed by atoms with Crippen LogP contribution in [0.25, 0.3) is 0 Å². The number of hydrogen-bond donors (Lipinski definition) is 1. The Balaban J connectivity index is 1.98. The highest BCUT2D eigenvalue weighted by Crippen LogP contribution is 2.16. The number of aromatic nitrogens is 1. The third-order valence-electron chi connectivity index (χ3n) is 3.58. The van der Waals surface area contributed by atoms with Crippen molar-refractivity contribution >= 4 is 17.2 Å². The zero-order chi connectivity index (χ0) is 16.1. The van der Waals surface area contributed by atoms with Crippen molar-refractivity contribution in [3.8, 4) is 0 Å². The van der Waals surface area contributed by atoms with Crippen molar-refractivity contribution in [3.63, 3.8) is 0 Å². The van der Waals surface area contributed by atoms with E-state index in [0.717, 1.165) is 22.6 Å². The number of amides is 1. The molecule has 0 fully saturated rings. The summed E-state index contributed by atoms with van der Waals surface area (Å²) in [5, 5.41) is 4.69. The molecule has 6 heteroatoms. The average molecular weight is 319 g/mol. The van der Waals surface area contributed by atoms with Crippen molar-refractivity contribution in [2.45, 2.75) is 19.5 Å². The van der Waals surface area contributed by atoms with Crippen LogP contribution in [0.3, 0.4) is 0 Å². The first-order valence-electron chi connectivity index (χ1n) is 7.12. The van der Waals surface area contributed by atoms with Gasteiger partial charge in [-0.05, 0) is 26.6 Å². The second-order valence-corrected chi connectivity index (χ2v) is 6.24. The Morgan fingerprint density at radius 3 is 2.55 bits per heavy atom. The predicted octanol–water partition coefficient (Wildman–Crippen LogP) is 1.64. The lowest BCUT2D eigenvalue weighted by Crippen LogP contribution is -2.37. The van der Waals surface area contributed by atoms with Crippen LogP contribution >= 0.6 is 11.3 Å². The van der Waals surface area contributed by atoms with Gasteiger partial charge in [0.25, 0.3) is 0 Å². The molecule has 2 aromatic rings. The van der Waals surface area contributed by atoms with E-state index in [4.69, 9.17) is 0 Å². The van der Waals surface area contributed by atoms with E-state index in [2.05, 4.69) is 10.2 Å². The molecule has 118 valence electrons.